The maximum absolute atomic E-state index is 12.9. The van der Waals surface area contributed by atoms with Gasteiger partial charge >= 0.3 is 0 Å². The Balaban J connectivity index is 1.97. The number of anilines is 1. The van der Waals surface area contributed by atoms with Gasteiger partial charge in [0.1, 0.15) is 0 Å². The van der Waals surface area contributed by atoms with E-state index in [1.165, 1.54) is 37.8 Å². The summed E-state index contributed by atoms with van der Waals surface area (Å²) in [6.07, 6.45) is -0.918. The molecule has 0 saturated carbocycles. The predicted molar refractivity (Wildman–Crippen MR) is 123 cm³/mol. The number of benzene rings is 2. The van der Waals surface area contributed by atoms with Crippen LogP contribution in [0.3, 0.4) is 0 Å². The number of amides is 1. The second-order valence-corrected chi connectivity index (χ2v) is 8.42. The number of nitrogens with zero attached hydrogens (tertiary/aromatic N) is 4. The van der Waals surface area contributed by atoms with Gasteiger partial charge in [0.15, 0.2) is 17.2 Å². The van der Waals surface area contributed by atoms with E-state index in [0.717, 1.165) is 5.75 Å². The average molecular weight is 473 g/mol. The third-order valence-electron chi connectivity index (χ3n) is 4.89. The fraction of sp³-hybridized carbons (Fsp3) is 0.273. The van der Waals surface area contributed by atoms with E-state index in [1.54, 1.807) is 12.1 Å². The molecule has 1 atom stereocenters. The van der Waals surface area contributed by atoms with Crippen molar-refractivity contribution in [3.8, 4) is 28.6 Å². The van der Waals surface area contributed by atoms with Crippen molar-refractivity contribution in [3.63, 3.8) is 0 Å². The number of carbonyl (C=O) groups excluding carboxylic acids is 1. The Kier molecular flexibility index (Phi) is 6.38. The molecule has 0 aliphatic carbocycles. The molecule has 1 amide bonds. The molecular weight excluding hydrogens is 452 g/mol. The summed E-state index contributed by atoms with van der Waals surface area (Å²) in [5.74, 6) is 1.73. The second-order valence-electron chi connectivity index (χ2n) is 6.79. The van der Waals surface area contributed by atoms with Crippen LogP contribution in [0.4, 0.5) is 5.69 Å². The summed E-state index contributed by atoms with van der Waals surface area (Å²) < 4.78 is 17.1. The number of hydrogen-bond acceptors (Lipinski definition) is 8. The highest BCUT2D eigenvalue weighted by molar-refractivity contribution is 7.99. The maximum Gasteiger partial charge on any atom is 0.247 e. The minimum Gasteiger partial charge on any atom is -0.493 e. The van der Waals surface area contributed by atoms with E-state index in [2.05, 4.69) is 15.2 Å². The van der Waals surface area contributed by atoms with Crippen molar-refractivity contribution in [1.29, 1.82) is 0 Å². The lowest BCUT2D eigenvalue weighted by Gasteiger charge is -2.30. The Labute approximate surface area is 194 Å². The molecule has 1 aliphatic rings. The number of halogens is 1. The Hall–Kier alpha value is -3.04. The van der Waals surface area contributed by atoms with Crippen LogP contribution in [0.5, 0.6) is 17.4 Å². The van der Waals surface area contributed by atoms with E-state index >= 15 is 0 Å². The Bertz CT molecular complexity index is 1180. The highest BCUT2D eigenvalue weighted by Crippen LogP contribution is 2.46. The third-order valence-corrected chi connectivity index (χ3v) is 5.94. The van der Waals surface area contributed by atoms with E-state index in [0.29, 0.717) is 44.2 Å². The Morgan fingerprint density at radius 3 is 2.59 bits per heavy atom. The number of thioether (sulfide) groups is 1. The number of hydrogen-bond donors (Lipinski definition) is 0. The molecule has 4 rings (SSSR count). The van der Waals surface area contributed by atoms with E-state index in [4.69, 9.17) is 25.8 Å². The number of fused-ring (bicyclic) bond motifs is 3. The van der Waals surface area contributed by atoms with Gasteiger partial charge in [-0.3, -0.25) is 9.69 Å². The van der Waals surface area contributed by atoms with Crippen molar-refractivity contribution in [2.45, 2.75) is 25.2 Å². The van der Waals surface area contributed by atoms with Crippen LogP contribution in [0.15, 0.2) is 41.6 Å². The topological polar surface area (TPSA) is 86.7 Å². The fourth-order valence-corrected chi connectivity index (χ4v) is 4.26. The molecule has 1 aromatic heterocycles. The number of methoxy groups -OCH3 is 2. The number of aromatic nitrogens is 3. The monoisotopic (exact) mass is 472 g/mol. The van der Waals surface area contributed by atoms with Crippen molar-refractivity contribution >= 4 is 35.0 Å². The zero-order chi connectivity index (χ0) is 22.8. The minimum atomic E-state index is -0.918. The molecule has 0 saturated heterocycles. The smallest absolute Gasteiger partial charge is 0.247 e. The molecular formula is C22H21ClN4O4S. The molecule has 0 radical (unpaired) electrons. The SMILES string of the molecule is CCSc1nnc2c(n1)OC(c1cc(OC)c(OC)cc1Cl)N(C(C)=O)c1ccccc1-2. The zero-order valence-electron chi connectivity index (χ0n) is 18.0. The Morgan fingerprint density at radius 2 is 1.91 bits per heavy atom. The molecule has 2 heterocycles. The third kappa shape index (κ3) is 3.93. The van der Waals surface area contributed by atoms with Gasteiger partial charge in [0.05, 0.1) is 24.9 Å². The number of rotatable bonds is 5. The van der Waals surface area contributed by atoms with Gasteiger partial charge in [0.2, 0.25) is 23.2 Å². The summed E-state index contributed by atoms with van der Waals surface area (Å²) in [7, 11) is 3.06. The molecule has 0 bridgehead atoms. The first-order chi connectivity index (χ1) is 15.5. The minimum absolute atomic E-state index is 0.239. The van der Waals surface area contributed by atoms with Gasteiger partial charge in [-0.15, -0.1) is 10.2 Å². The summed E-state index contributed by atoms with van der Waals surface area (Å²) in [6, 6.07) is 10.7. The lowest BCUT2D eigenvalue weighted by Crippen LogP contribution is -2.36. The molecule has 32 heavy (non-hydrogen) atoms. The van der Waals surface area contributed by atoms with Crippen molar-refractivity contribution in [2.24, 2.45) is 0 Å². The molecule has 0 fully saturated rings. The molecule has 1 aliphatic heterocycles. The maximum atomic E-state index is 12.9. The van der Waals surface area contributed by atoms with Gasteiger partial charge in [0.25, 0.3) is 0 Å². The number of para-hydroxylation sites is 1. The van der Waals surface area contributed by atoms with Crippen LogP contribution in [0.25, 0.3) is 11.3 Å². The molecule has 0 spiro atoms. The van der Waals surface area contributed by atoms with Crippen LogP contribution in [0.2, 0.25) is 5.02 Å². The van der Waals surface area contributed by atoms with Gasteiger partial charge < -0.3 is 14.2 Å². The molecule has 2 aromatic carbocycles. The van der Waals surface area contributed by atoms with Gasteiger partial charge in [-0.05, 0) is 17.9 Å². The largest absolute Gasteiger partial charge is 0.493 e. The van der Waals surface area contributed by atoms with Crippen molar-refractivity contribution in [2.75, 3.05) is 24.9 Å². The van der Waals surface area contributed by atoms with Crippen LogP contribution >= 0.6 is 23.4 Å². The van der Waals surface area contributed by atoms with Crippen molar-refractivity contribution < 1.29 is 19.0 Å². The van der Waals surface area contributed by atoms with Crippen LogP contribution in [-0.4, -0.2) is 41.1 Å². The van der Waals surface area contributed by atoms with Crippen LogP contribution in [-0.2, 0) is 4.79 Å². The van der Waals surface area contributed by atoms with Crippen LogP contribution in [0, 0.1) is 0 Å². The first-order valence-electron chi connectivity index (χ1n) is 9.83. The lowest BCUT2D eigenvalue weighted by atomic mass is 10.1. The number of carbonyl (C=O) groups is 1. The molecule has 1 unspecified atom stereocenters. The van der Waals surface area contributed by atoms with Crippen molar-refractivity contribution in [1.82, 2.24) is 15.2 Å². The van der Waals surface area contributed by atoms with E-state index in [9.17, 15) is 4.79 Å². The van der Waals surface area contributed by atoms with E-state index < -0.39 is 6.23 Å². The summed E-state index contributed by atoms with van der Waals surface area (Å²) >= 11 is 8.07. The van der Waals surface area contributed by atoms with Crippen LogP contribution < -0.4 is 19.1 Å². The van der Waals surface area contributed by atoms with E-state index in [1.807, 2.05) is 31.2 Å². The molecule has 3 aromatic rings. The first-order valence-corrected chi connectivity index (χ1v) is 11.2. The normalized spacial score (nSPS) is 14.7. The summed E-state index contributed by atoms with van der Waals surface area (Å²) in [6.45, 7) is 3.47. The lowest BCUT2D eigenvalue weighted by molar-refractivity contribution is -0.118. The van der Waals surface area contributed by atoms with Crippen LogP contribution in [0.1, 0.15) is 25.6 Å². The summed E-state index contributed by atoms with van der Waals surface area (Å²) in [5.41, 5.74) is 2.27. The summed E-state index contributed by atoms with van der Waals surface area (Å²) in [4.78, 5) is 19.0. The predicted octanol–water partition coefficient (Wildman–Crippen LogP) is 4.77. The summed E-state index contributed by atoms with van der Waals surface area (Å²) in [5, 5.41) is 9.42. The average Bonchev–Trinajstić information content (AvgIpc) is 2.93. The number of ether oxygens (including phenoxy) is 3. The van der Waals surface area contributed by atoms with Gasteiger partial charge in [0, 0.05) is 24.1 Å². The highest BCUT2D eigenvalue weighted by atomic mass is 35.5. The van der Waals surface area contributed by atoms with E-state index in [-0.39, 0.29) is 11.8 Å². The van der Waals surface area contributed by atoms with Gasteiger partial charge in [-0.25, -0.2) is 0 Å². The molecule has 8 nitrogen and oxygen atoms in total. The van der Waals surface area contributed by atoms with Gasteiger partial charge in [-0.1, -0.05) is 48.5 Å². The first kappa shape index (κ1) is 22.2. The standard InChI is InChI=1S/C22H21ClN4O4S/c1-5-32-22-24-20-19(25-26-22)13-8-6-7-9-16(13)27(12(2)28)21(31-20)14-10-17(29-3)18(30-4)11-15(14)23/h6-11,21H,5H2,1-4H3. The Morgan fingerprint density at radius 1 is 1.19 bits per heavy atom. The second kappa shape index (κ2) is 9.22. The molecule has 166 valence electrons. The highest BCUT2D eigenvalue weighted by Gasteiger charge is 2.36. The van der Waals surface area contributed by atoms with Gasteiger partial charge in [-0.2, -0.15) is 4.98 Å². The zero-order valence-corrected chi connectivity index (χ0v) is 19.5. The van der Waals surface area contributed by atoms with Crippen molar-refractivity contribution in [3.05, 3.63) is 47.0 Å². The quantitative estimate of drug-likeness (QED) is 0.491. The molecule has 0 N–H and O–H groups in total. The fourth-order valence-electron chi connectivity index (χ4n) is 3.50. The molecule has 10 heteroatoms.